The maximum atomic E-state index is 9.53. The van der Waals surface area contributed by atoms with Crippen LogP contribution in [-0.4, -0.2) is 8.07 Å². The van der Waals surface area contributed by atoms with Crippen LogP contribution in [0.2, 0.25) is 19.6 Å². The molecule has 300 valence electrons. The van der Waals surface area contributed by atoms with E-state index in [9.17, 15) is 10.5 Å². The molecule has 0 aliphatic carbocycles. The van der Waals surface area contributed by atoms with Crippen LogP contribution in [0.4, 0.5) is 34.1 Å². The van der Waals surface area contributed by atoms with Crippen LogP contribution in [0.25, 0.3) is 65.4 Å². The highest BCUT2D eigenvalue weighted by molar-refractivity contribution is 6.88. The molecule has 9 aromatic carbocycles. The summed E-state index contributed by atoms with van der Waals surface area (Å²) in [5.41, 5.74) is 11.6. The molecule has 0 aliphatic rings. The fourth-order valence-corrected chi connectivity index (χ4v) is 10.1. The second kappa shape index (κ2) is 14.5. The van der Waals surface area contributed by atoms with Crippen molar-refractivity contribution in [2.75, 3.05) is 9.80 Å². The van der Waals surface area contributed by atoms with Crippen LogP contribution in [0.1, 0.15) is 16.7 Å². The van der Waals surface area contributed by atoms with Gasteiger partial charge in [-0.15, -0.1) is 0 Å². The molecule has 6 nitrogen and oxygen atoms in total. The third-order valence-electron chi connectivity index (χ3n) is 12.3. The number of rotatable bonds is 7. The number of hydrogen-bond acceptors (Lipinski definition) is 6. The van der Waals surface area contributed by atoms with Gasteiger partial charge in [-0.1, -0.05) is 66.8 Å². The van der Waals surface area contributed by atoms with Crippen LogP contribution in [0.3, 0.4) is 0 Å². The second-order valence-electron chi connectivity index (χ2n) is 17.3. The number of nitrogens with zero attached hydrogens (tertiary/aromatic N) is 4. The summed E-state index contributed by atoms with van der Waals surface area (Å²) in [4.78, 5) is 4.46. The molecule has 0 aliphatic heterocycles. The Balaban J connectivity index is 1.02. The fourth-order valence-electron chi connectivity index (χ4n) is 8.96. The Labute approximate surface area is 365 Å². The first kappa shape index (κ1) is 37.9. The zero-order valence-electron chi connectivity index (χ0n) is 35.3. The molecule has 0 fully saturated rings. The van der Waals surface area contributed by atoms with Crippen molar-refractivity contribution in [3.05, 3.63) is 187 Å². The Hall–Kier alpha value is -8.10. The molecule has 0 amide bonds. The number of hydrogen-bond donors (Lipinski definition) is 0. The summed E-state index contributed by atoms with van der Waals surface area (Å²) >= 11 is 0. The van der Waals surface area contributed by atoms with Crippen molar-refractivity contribution in [1.82, 2.24) is 0 Å². The topological polar surface area (TPSA) is 80.3 Å². The predicted octanol–water partition coefficient (Wildman–Crippen LogP) is 15.3. The maximum absolute atomic E-state index is 9.53. The molecule has 63 heavy (non-hydrogen) atoms. The highest BCUT2D eigenvalue weighted by Gasteiger charge is 2.22. The molecule has 0 saturated heterocycles. The lowest BCUT2D eigenvalue weighted by atomic mass is 10.0. The summed E-state index contributed by atoms with van der Waals surface area (Å²) in [6.07, 6.45) is 0. The van der Waals surface area contributed by atoms with E-state index in [1.165, 1.54) is 10.8 Å². The van der Waals surface area contributed by atoms with Crippen LogP contribution >= 0.6 is 0 Å². The fraction of sp³-hybridized carbons (Fsp3) is 0.0714. The molecule has 2 aromatic heterocycles. The summed E-state index contributed by atoms with van der Waals surface area (Å²) in [6.45, 7) is 9.17. The van der Waals surface area contributed by atoms with Gasteiger partial charge >= 0.3 is 0 Å². The molecule has 0 spiro atoms. The third-order valence-corrected chi connectivity index (χ3v) is 14.4. The molecular weight excluding hydrogens is 789 g/mol. The minimum absolute atomic E-state index is 0.622. The minimum atomic E-state index is -1.49. The number of fused-ring (bicyclic) bond motifs is 11. The Kier molecular flexibility index (Phi) is 8.73. The molecule has 0 N–H and O–H groups in total. The molecule has 7 heteroatoms. The summed E-state index contributed by atoms with van der Waals surface area (Å²) in [6, 6.07) is 63.3. The highest BCUT2D eigenvalue weighted by atomic mass is 28.3. The van der Waals surface area contributed by atoms with Crippen molar-refractivity contribution in [2.45, 2.75) is 26.6 Å². The normalized spacial score (nSPS) is 11.8. The standard InChI is InChI=1S/C56H40N4O2Si/c1-35-5-13-40(14-6-35)59(41-15-7-36(33-57)8-16-41)44-21-27-47-38(31-44)11-25-49-51-29-30-52-50-26-12-39-32-45(22-28-48(39)54(50)62-56(52)55(51)61-53(47)49)60(42-17-9-37(34-58)10-18-42)43-19-23-46(24-20-43)63(2,3)4/h5-32H,1-4H3. The molecule has 11 rings (SSSR count). The lowest BCUT2D eigenvalue weighted by molar-refractivity contribution is 0.637. The Morgan fingerprint density at radius 1 is 0.381 bits per heavy atom. The van der Waals surface area contributed by atoms with E-state index in [4.69, 9.17) is 8.83 Å². The molecule has 0 saturated carbocycles. The number of furan rings is 2. The predicted molar refractivity (Wildman–Crippen MR) is 263 cm³/mol. The summed E-state index contributed by atoms with van der Waals surface area (Å²) in [5, 5.41) is 28.6. The van der Waals surface area contributed by atoms with Gasteiger partial charge in [0, 0.05) is 66.4 Å². The Bertz CT molecular complexity index is 3680. The Morgan fingerprint density at radius 3 is 1.11 bits per heavy atom. The highest BCUT2D eigenvalue weighted by Crippen LogP contribution is 2.45. The molecule has 0 unspecified atom stereocenters. The SMILES string of the molecule is Cc1ccc(N(c2ccc(C#N)cc2)c2ccc3c(ccc4c5ccc6c7ccc8cc(N(c9ccc(C#N)cc9)c9ccc([Si](C)(C)C)cc9)ccc8c7oc6c5oc34)c2)cc1. The molecule has 0 bridgehead atoms. The van der Waals surface area contributed by atoms with Crippen molar-refractivity contribution in [3.8, 4) is 12.1 Å². The van der Waals surface area contributed by atoms with E-state index in [1.54, 1.807) is 0 Å². The van der Waals surface area contributed by atoms with Crippen molar-refractivity contribution in [3.63, 3.8) is 0 Å². The van der Waals surface area contributed by atoms with Crippen molar-refractivity contribution in [2.24, 2.45) is 0 Å². The van der Waals surface area contributed by atoms with E-state index in [0.717, 1.165) is 99.5 Å². The first-order valence-corrected chi connectivity index (χ1v) is 24.6. The zero-order valence-corrected chi connectivity index (χ0v) is 36.3. The van der Waals surface area contributed by atoms with E-state index in [-0.39, 0.29) is 0 Å². The summed E-state index contributed by atoms with van der Waals surface area (Å²) < 4.78 is 13.7. The largest absolute Gasteiger partial charge is 0.451 e. The van der Waals surface area contributed by atoms with E-state index in [1.807, 2.05) is 48.5 Å². The average Bonchev–Trinajstić information content (AvgIpc) is 3.89. The smallest absolute Gasteiger partial charge is 0.178 e. The van der Waals surface area contributed by atoms with Crippen molar-refractivity contribution < 1.29 is 8.83 Å². The molecular formula is C56H40N4O2Si. The van der Waals surface area contributed by atoms with Gasteiger partial charge in [-0.3, -0.25) is 0 Å². The Morgan fingerprint density at radius 2 is 0.714 bits per heavy atom. The third kappa shape index (κ3) is 6.38. The van der Waals surface area contributed by atoms with Gasteiger partial charge in [-0.25, -0.2) is 0 Å². The van der Waals surface area contributed by atoms with Gasteiger partial charge < -0.3 is 18.6 Å². The van der Waals surface area contributed by atoms with Crippen LogP contribution < -0.4 is 15.0 Å². The van der Waals surface area contributed by atoms with Gasteiger partial charge in [-0.05, 0) is 151 Å². The van der Waals surface area contributed by atoms with Crippen molar-refractivity contribution >= 4 is 113 Å². The zero-order chi connectivity index (χ0) is 43.0. The first-order chi connectivity index (χ1) is 30.6. The van der Waals surface area contributed by atoms with Crippen LogP contribution in [-0.2, 0) is 0 Å². The van der Waals surface area contributed by atoms with Gasteiger partial charge in [0.05, 0.1) is 31.3 Å². The van der Waals surface area contributed by atoms with Crippen LogP contribution in [0, 0.1) is 29.6 Å². The minimum Gasteiger partial charge on any atom is -0.451 e. The van der Waals surface area contributed by atoms with Crippen LogP contribution in [0.5, 0.6) is 0 Å². The maximum Gasteiger partial charge on any atom is 0.178 e. The number of aryl methyl sites for hydroxylation is 1. The van der Waals surface area contributed by atoms with E-state index in [0.29, 0.717) is 11.1 Å². The molecule has 0 radical (unpaired) electrons. The van der Waals surface area contributed by atoms with Gasteiger partial charge in [0.1, 0.15) is 11.2 Å². The summed E-state index contributed by atoms with van der Waals surface area (Å²) in [7, 11) is -1.49. The van der Waals surface area contributed by atoms with Gasteiger partial charge in [0.25, 0.3) is 0 Å². The molecule has 2 heterocycles. The average molecular weight is 829 g/mol. The van der Waals surface area contributed by atoms with Gasteiger partial charge in [0.2, 0.25) is 0 Å². The molecule has 11 aromatic rings. The van der Waals surface area contributed by atoms with E-state index >= 15 is 0 Å². The lowest BCUT2D eigenvalue weighted by Gasteiger charge is -2.27. The first-order valence-electron chi connectivity index (χ1n) is 21.1. The number of benzene rings is 9. The number of nitriles is 2. The monoisotopic (exact) mass is 828 g/mol. The van der Waals surface area contributed by atoms with Gasteiger partial charge in [-0.2, -0.15) is 10.5 Å². The quantitative estimate of drug-likeness (QED) is 0.149. The van der Waals surface area contributed by atoms with Crippen LogP contribution in [0.15, 0.2) is 179 Å². The number of anilines is 6. The molecule has 0 atom stereocenters. The van der Waals surface area contributed by atoms with E-state index in [2.05, 4.69) is 170 Å². The lowest BCUT2D eigenvalue weighted by Crippen LogP contribution is -2.37. The second-order valence-corrected chi connectivity index (χ2v) is 22.4. The van der Waals surface area contributed by atoms with E-state index < -0.39 is 8.07 Å². The van der Waals surface area contributed by atoms with Gasteiger partial charge in [0.15, 0.2) is 11.2 Å². The summed E-state index contributed by atoms with van der Waals surface area (Å²) in [5.74, 6) is 0. The van der Waals surface area contributed by atoms with Crippen molar-refractivity contribution in [1.29, 1.82) is 10.5 Å².